The van der Waals surface area contributed by atoms with Crippen molar-refractivity contribution >= 4 is 22.8 Å². The number of rotatable bonds is 7. The van der Waals surface area contributed by atoms with Gasteiger partial charge in [0, 0.05) is 12.5 Å². The predicted molar refractivity (Wildman–Crippen MR) is 166 cm³/mol. The highest BCUT2D eigenvalue weighted by atomic mass is 16.6. The summed E-state index contributed by atoms with van der Waals surface area (Å²) in [7, 11) is 0. The molecule has 0 spiro atoms. The van der Waals surface area contributed by atoms with Crippen LogP contribution in [0.15, 0.2) is 91.0 Å². The van der Waals surface area contributed by atoms with Crippen molar-refractivity contribution in [2.45, 2.75) is 58.3 Å². The van der Waals surface area contributed by atoms with Gasteiger partial charge in [-0.3, -0.25) is 0 Å². The van der Waals surface area contributed by atoms with Crippen molar-refractivity contribution in [2.24, 2.45) is 0 Å². The van der Waals surface area contributed by atoms with Gasteiger partial charge >= 0.3 is 12.1 Å². The van der Waals surface area contributed by atoms with Crippen LogP contribution >= 0.6 is 0 Å². The fourth-order valence-electron chi connectivity index (χ4n) is 5.45. The van der Waals surface area contributed by atoms with Gasteiger partial charge in [-0.25, -0.2) is 9.59 Å². The number of carbonyl (C=O) groups excluding carboxylic acids is 2. The fraction of sp³-hybridized carbons (Fsp3) is 0.333. The smallest absolute Gasteiger partial charge is 0.410 e. The van der Waals surface area contributed by atoms with Crippen LogP contribution in [0.25, 0.3) is 21.9 Å². The molecule has 1 aliphatic rings. The third kappa shape index (κ3) is 7.18. The highest BCUT2D eigenvalue weighted by molar-refractivity contribution is 5.90. The number of ether oxygens (including phenoxy) is 3. The van der Waals surface area contributed by atoms with Gasteiger partial charge in [0.1, 0.15) is 5.60 Å². The molecular weight excluding hydrogens is 526 g/mol. The fourth-order valence-corrected chi connectivity index (χ4v) is 5.45. The highest BCUT2D eigenvalue weighted by Crippen LogP contribution is 2.34. The third-order valence-electron chi connectivity index (χ3n) is 7.53. The van der Waals surface area contributed by atoms with Crippen LogP contribution in [0.5, 0.6) is 0 Å². The topological polar surface area (TPSA) is 65.1 Å². The molecule has 2 unspecified atom stereocenters. The van der Waals surface area contributed by atoms with E-state index >= 15 is 0 Å². The van der Waals surface area contributed by atoms with E-state index in [9.17, 15) is 9.59 Å². The molecule has 6 heteroatoms. The molecule has 1 amide bonds. The zero-order valence-corrected chi connectivity index (χ0v) is 24.8. The lowest BCUT2D eigenvalue weighted by Gasteiger charge is -2.39. The summed E-state index contributed by atoms with van der Waals surface area (Å²) in [6, 6.07) is 30.6. The Balaban J connectivity index is 1.37. The number of hydrogen-bond donors (Lipinski definition) is 0. The van der Waals surface area contributed by atoms with Gasteiger partial charge in [0.2, 0.25) is 0 Å². The van der Waals surface area contributed by atoms with E-state index in [0.717, 1.165) is 28.7 Å². The maximum absolute atomic E-state index is 13.0. The first kappa shape index (κ1) is 29.3. The van der Waals surface area contributed by atoms with Crippen LogP contribution < -0.4 is 0 Å². The largest absolute Gasteiger partial charge is 0.462 e. The Morgan fingerprint density at radius 2 is 1.62 bits per heavy atom. The SMILES string of the molecule is CCOC(=O)c1ccc(-c2cccc(C3CCN(C(=O)OC(C)(C)C)CC3OCc3ccc4ccccc4c3)c2)cc1. The van der Waals surface area contributed by atoms with Crippen LogP contribution in [0.2, 0.25) is 0 Å². The monoisotopic (exact) mass is 565 g/mol. The Bertz CT molecular complexity index is 1540. The van der Waals surface area contributed by atoms with E-state index < -0.39 is 5.60 Å². The summed E-state index contributed by atoms with van der Waals surface area (Å²) in [6.07, 6.45) is 0.238. The average Bonchev–Trinajstić information content (AvgIpc) is 2.99. The molecule has 218 valence electrons. The molecular formula is C36H39NO5. The number of nitrogens with zero attached hydrogens (tertiary/aromatic N) is 1. The number of benzene rings is 4. The summed E-state index contributed by atoms with van der Waals surface area (Å²) >= 11 is 0. The Morgan fingerprint density at radius 3 is 2.36 bits per heavy atom. The molecule has 2 atom stereocenters. The lowest BCUT2D eigenvalue weighted by Crippen LogP contribution is -2.48. The quantitative estimate of drug-likeness (QED) is 0.213. The van der Waals surface area contributed by atoms with Crippen molar-refractivity contribution < 1.29 is 23.8 Å². The second-order valence-corrected chi connectivity index (χ2v) is 11.8. The van der Waals surface area contributed by atoms with Gasteiger partial charge in [-0.1, -0.05) is 72.8 Å². The van der Waals surface area contributed by atoms with Crippen molar-refractivity contribution in [3.05, 3.63) is 108 Å². The Labute approximate surface area is 248 Å². The Hall–Kier alpha value is -4.16. The summed E-state index contributed by atoms with van der Waals surface area (Å²) in [5.74, 6) is -0.219. The molecule has 5 rings (SSSR count). The minimum absolute atomic E-state index is 0.0999. The molecule has 6 nitrogen and oxygen atoms in total. The van der Waals surface area contributed by atoms with Gasteiger partial charge in [0.25, 0.3) is 0 Å². The third-order valence-corrected chi connectivity index (χ3v) is 7.53. The molecule has 1 fully saturated rings. The lowest BCUT2D eigenvalue weighted by atomic mass is 9.85. The van der Waals surface area contributed by atoms with Crippen LogP contribution in [-0.4, -0.2) is 48.4 Å². The van der Waals surface area contributed by atoms with Crippen LogP contribution in [0.4, 0.5) is 4.79 Å². The predicted octanol–water partition coefficient (Wildman–Crippen LogP) is 7.99. The normalized spacial score (nSPS) is 17.2. The molecule has 0 aliphatic carbocycles. The van der Waals surface area contributed by atoms with Gasteiger partial charge in [0.15, 0.2) is 0 Å². The molecule has 0 bridgehead atoms. The van der Waals surface area contributed by atoms with Gasteiger partial charge in [-0.15, -0.1) is 0 Å². The van der Waals surface area contributed by atoms with E-state index in [4.69, 9.17) is 14.2 Å². The molecule has 0 aromatic heterocycles. The number of esters is 1. The summed E-state index contributed by atoms with van der Waals surface area (Å²) in [5, 5.41) is 2.37. The minimum Gasteiger partial charge on any atom is -0.462 e. The van der Waals surface area contributed by atoms with E-state index in [-0.39, 0.29) is 24.1 Å². The van der Waals surface area contributed by atoms with Crippen molar-refractivity contribution in [2.75, 3.05) is 19.7 Å². The lowest BCUT2D eigenvalue weighted by molar-refractivity contribution is -0.0359. The van der Waals surface area contributed by atoms with Crippen molar-refractivity contribution in [1.82, 2.24) is 4.90 Å². The second-order valence-electron chi connectivity index (χ2n) is 11.8. The van der Waals surface area contributed by atoms with E-state index in [1.807, 2.05) is 45.0 Å². The number of hydrogen-bond acceptors (Lipinski definition) is 5. The zero-order valence-electron chi connectivity index (χ0n) is 24.8. The average molecular weight is 566 g/mol. The molecule has 0 saturated carbocycles. The summed E-state index contributed by atoms with van der Waals surface area (Å²) in [6.45, 7) is 9.29. The molecule has 1 heterocycles. The van der Waals surface area contributed by atoms with Crippen molar-refractivity contribution in [1.29, 1.82) is 0 Å². The summed E-state index contributed by atoms with van der Waals surface area (Å²) in [4.78, 5) is 26.9. The standard InChI is InChI=1S/C36H39NO5/c1-5-40-34(38)28-17-15-27(16-18-28)30-11-8-12-31(22-30)32-19-20-37(35(39)42-36(2,3)4)23-33(32)41-24-25-13-14-26-9-6-7-10-29(26)21-25/h6-18,21-22,32-33H,5,19-20,23-24H2,1-4H3. The Morgan fingerprint density at radius 1 is 0.857 bits per heavy atom. The van der Waals surface area contributed by atoms with E-state index in [0.29, 0.717) is 31.9 Å². The molecule has 1 aliphatic heterocycles. The first-order valence-electron chi connectivity index (χ1n) is 14.6. The summed E-state index contributed by atoms with van der Waals surface area (Å²) in [5.41, 5.74) is 4.31. The minimum atomic E-state index is -0.563. The summed E-state index contributed by atoms with van der Waals surface area (Å²) < 4.78 is 17.4. The molecule has 42 heavy (non-hydrogen) atoms. The molecule has 1 saturated heterocycles. The molecule has 0 radical (unpaired) electrons. The Kier molecular flexibility index (Phi) is 8.93. The van der Waals surface area contributed by atoms with Crippen LogP contribution in [-0.2, 0) is 20.8 Å². The van der Waals surface area contributed by atoms with Gasteiger partial charge in [-0.05, 0) is 85.3 Å². The highest BCUT2D eigenvalue weighted by Gasteiger charge is 2.35. The zero-order chi connectivity index (χ0) is 29.7. The maximum atomic E-state index is 13.0. The molecule has 4 aromatic carbocycles. The van der Waals surface area contributed by atoms with Crippen LogP contribution in [0.1, 0.15) is 61.5 Å². The van der Waals surface area contributed by atoms with Gasteiger partial charge in [0.05, 0.1) is 31.4 Å². The molecule has 4 aromatic rings. The maximum Gasteiger partial charge on any atom is 0.410 e. The van der Waals surface area contributed by atoms with Crippen molar-refractivity contribution in [3.63, 3.8) is 0 Å². The number of carbonyl (C=O) groups is 2. The van der Waals surface area contributed by atoms with E-state index in [2.05, 4.69) is 54.6 Å². The molecule has 0 N–H and O–H groups in total. The van der Waals surface area contributed by atoms with Gasteiger partial charge < -0.3 is 19.1 Å². The van der Waals surface area contributed by atoms with Gasteiger partial charge in [-0.2, -0.15) is 0 Å². The van der Waals surface area contributed by atoms with E-state index in [1.165, 1.54) is 10.8 Å². The second kappa shape index (κ2) is 12.8. The number of likely N-dealkylation sites (tertiary alicyclic amines) is 1. The number of piperidine rings is 1. The number of amides is 1. The van der Waals surface area contributed by atoms with Crippen molar-refractivity contribution in [3.8, 4) is 11.1 Å². The number of fused-ring (bicyclic) bond motifs is 1. The van der Waals surface area contributed by atoms with Crippen LogP contribution in [0, 0.1) is 0 Å². The van der Waals surface area contributed by atoms with E-state index in [1.54, 1.807) is 24.0 Å². The first-order valence-corrected chi connectivity index (χ1v) is 14.6. The first-order chi connectivity index (χ1) is 20.2. The van der Waals surface area contributed by atoms with Crippen LogP contribution in [0.3, 0.4) is 0 Å².